The van der Waals surface area contributed by atoms with E-state index in [4.69, 9.17) is 4.98 Å². The fourth-order valence-corrected chi connectivity index (χ4v) is 5.65. The number of hydrogen-bond donors (Lipinski definition) is 1. The largest absolute Gasteiger partial charge is 0.325 e. The Kier molecular flexibility index (Phi) is 5.61. The number of rotatable bonds is 6. The highest BCUT2D eigenvalue weighted by Crippen LogP contribution is 2.44. The number of aryl methyl sites for hydroxylation is 2. The monoisotopic (exact) mass is 461 g/mol. The van der Waals surface area contributed by atoms with Crippen molar-refractivity contribution in [1.82, 2.24) is 9.55 Å². The molecule has 0 aliphatic heterocycles. The molecule has 0 radical (unpaired) electrons. The Morgan fingerprint density at radius 3 is 2.72 bits per heavy atom. The molecule has 1 aliphatic carbocycles. The van der Waals surface area contributed by atoms with Crippen molar-refractivity contribution in [3.05, 3.63) is 81.0 Å². The Labute approximate surface area is 194 Å². The summed E-state index contributed by atoms with van der Waals surface area (Å²) < 4.78 is 1.65. The fraction of sp³-hybridized carbons (Fsp3) is 0.240. The third-order valence-electron chi connectivity index (χ3n) is 5.64. The highest BCUT2D eigenvalue weighted by Gasteiger charge is 2.29. The van der Waals surface area contributed by atoms with Crippen molar-refractivity contribution in [2.75, 3.05) is 11.1 Å². The van der Waals surface area contributed by atoms with Gasteiger partial charge in [-0.3, -0.25) is 14.2 Å². The summed E-state index contributed by atoms with van der Waals surface area (Å²) in [5.74, 6) is 0.519. The molecule has 0 saturated heterocycles. The van der Waals surface area contributed by atoms with Crippen molar-refractivity contribution in [3.63, 3.8) is 0 Å². The molecule has 0 spiro atoms. The predicted molar refractivity (Wildman–Crippen MR) is 132 cm³/mol. The van der Waals surface area contributed by atoms with Crippen LogP contribution in [0.5, 0.6) is 0 Å². The zero-order valence-electron chi connectivity index (χ0n) is 17.9. The van der Waals surface area contributed by atoms with Gasteiger partial charge in [0.2, 0.25) is 5.91 Å². The molecule has 162 valence electrons. The van der Waals surface area contributed by atoms with Gasteiger partial charge in [0.15, 0.2) is 5.16 Å². The summed E-state index contributed by atoms with van der Waals surface area (Å²) in [6, 6.07) is 15.5. The summed E-state index contributed by atoms with van der Waals surface area (Å²) in [7, 11) is 0. The Balaban J connectivity index is 1.48. The number of amides is 1. The second-order valence-electron chi connectivity index (χ2n) is 8.17. The van der Waals surface area contributed by atoms with E-state index in [1.54, 1.807) is 4.57 Å². The number of nitrogens with one attached hydrogen (secondary N) is 1. The maximum Gasteiger partial charge on any atom is 0.267 e. The molecule has 1 amide bonds. The number of carbonyl (C=O) groups excluding carboxylic acids is 1. The molecule has 0 unspecified atom stereocenters. The number of benzene rings is 2. The molecule has 5 nitrogen and oxygen atoms in total. The van der Waals surface area contributed by atoms with Gasteiger partial charge in [-0.15, -0.1) is 11.3 Å². The Hall–Kier alpha value is -2.90. The summed E-state index contributed by atoms with van der Waals surface area (Å²) >= 11 is 2.80. The van der Waals surface area contributed by atoms with Crippen molar-refractivity contribution < 1.29 is 4.79 Å². The third-order valence-corrected chi connectivity index (χ3v) is 7.47. The number of carbonyl (C=O) groups is 1. The number of nitrogens with zero attached hydrogens (tertiary/aromatic N) is 2. The van der Waals surface area contributed by atoms with E-state index < -0.39 is 0 Å². The van der Waals surface area contributed by atoms with Gasteiger partial charge in [0.25, 0.3) is 5.56 Å². The standard InChI is InChI=1S/C25H23N3O2S2/c1-15-8-9-16(2)20(12-15)26-21(29)14-32-25-27-23-22(19(13-31-23)17-10-11-17)24(30)28(25)18-6-4-3-5-7-18/h3-9,12-13,17H,10-11,14H2,1-2H3,(H,26,29). The van der Waals surface area contributed by atoms with Gasteiger partial charge in [0.05, 0.1) is 16.8 Å². The number of thiophene rings is 1. The minimum atomic E-state index is -0.123. The highest BCUT2D eigenvalue weighted by molar-refractivity contribution is 7.99. The SMILES string of the molecule is Cc1ccc(C)c(NC(=O)CSc2nc3scc(C4CC4)c3c(=O)n2-c2ccccc2)c1. The molecule has 1 fully saturated rings. The average Bonchev–Trinajstić information content (AvgIpc) is 3.54. The number of hydrogen-bond acceptors (Lipinski definition) is 5. The minimum absolute atomic E-state index is 0.0539. The Bertz CT molecular complexity index is 1370. The lowest BCUT2D eigenvalue weighted by molar-refractivity contribution is -0.113. The molecule has 2 aromatic heterocycles. The van der Waals surface area contributed by atoms with Gasteiger partial charge >= 0.3 is 0 Å². The molecule has 1 saturated carbocycles. The Morgan fingerprint density at radius 1 is 1.19 bits per heavy atom. The first-order valence-electron chi connectivity index (χ1n) is 10.6. The van der Waals surface area contributed by atoms with E-state index >= 15 is 0 Å². The summed E-state index contributed by atoms with van der Waals surface area (Å²) in [6.07, 6.45) is 2.26. The number of thioether (sulfide) groups is 1. The van der Waals surface area contributed by atoms with Crippen LogP contribution in [-0.4, -0.2) is 21.2 Å². The Morgan fingerprint density at radius 2 is 1.97 bits per heavy atom. The molecule has 4 aromatic rings. The normalized spacial score (nSPS) is 13.4. The summed E-state index contributed by atoms with van der Waals surface area (Å²) in [4.78, 5) is 31.9. The van der Waals surface area contributed by atoms with Crippen molar-refractivity contribution in [3.8, 4) is 5.69 Å². The molecule has 7 heteroatoms. The van der Waals surface area contributed by atoms with Gasteiger partial charge < -0.3 is 5.32 Å². The maximum atomic E-state index is 13.6. The van der Waals surface area contributed by atoms with E-state index in [-0.39, 0.29) is 17.2 Å². The van der Waals surface area contributed by atoms with Gasteiger partial charge in [0, 0.05) is 5.69 Å². The van der Waals surface area contributed by atoms with Crippen molar-refractivity contribution in [2.24, 2.45) is 0 Å². The molecular formula is C25H23N3O2S2. The third kappa shape index (κ3) is 4.10. The molecule has 2 heterocycles. The molecule has 1 aliphatic rings. The zero-order valence-corrected chi connectivity index (χ0v) is 19.6. The first kappa shape index (κ1) is 21.0. The van der Waals surface area contributed by atoms with Gasteiger partial charge in [-0.25, -0.2) is 4.98 Å². The number of para-hydroxylation sites is 1. The van der Waals surface area contributed by atoms with Crippen LogP contribution < -0.4 is 10.9 Å². The molecular weight excluding hydrogens is 438 g/mol. The first-order valence-corrected chi connectivity index (χ1v) is 12.5. The number of anilines is 1. The lowest BCUT2D eigenvalue weighted by Gasteiger charge is -2.13. The van der Waals surface area contributed by atoms with Gasteiger partial charge in [-0.1, -0.05) is 42.1 Å². The topological polar surface area (TPSA) is 64.0 Å². The van der Waals surface area contributed by atoms with E-state index in [9.17, 15) is 9.59 Å². The second kappa shape index (κ2) is 8.56. The fourth-order valence-electron chi connectivity index (χ4n) is 3.78. The lowest BCUT2D eigenvalue weighted by atomic mass is 10.1. The van der Waals surface area contributed by atoms with Crippen molar-refractivity contribution in [1.29, 1.82) is 0 Å². The van der Waals surface area contributed by atoms with E-state index in [0.29, 0.717) is 11.1 Å². The van der Waals surface area contributed by atoms with E-state index in [2.05, 4.69) is 10.7 Å². The molecule has 0 atom stereocenters. The molecule has 2 aromatic carbocycles. The van der Waals surface area contributed by atoms with Crippen LogP contribution in [-0.2, 0) is 4.79 Å². The summed E-state index contributed by atoms with van der Waals surface area (Å²) in [6.45, 7) is 3.97. The first-order chi connectivity index (χ1) is 15.5. The molecule has 1 N–H and O–H groups in total. The molecule has 5 rings (SSSR count). The predicted octanol–water partition coefficient (Wildman–Crippen LogP) is 5.67. The average molecular weight is 462 g/mol. The number of fused-ring (bicyclic) bond motifs is 1. The van der Waals surface area contributed by atoms with Crippen LogP contribution >= 0.6 is 23.1 Å². The van der Waals surface area contributed by atoms with Gasteiger partial charge in [-0.05, 0) is 72.9 Å². The van der Waals surface area contributed by atoms with Crippen molar-refractivity contribution in [2.45, 2.75) is 37.8 Å². The quantitative estimate of drug-likeness (QED) is 0.297. The van der Waals surface area contributed by atoms with Crippen LogP contribution in [0.2, 0.25) is 0 Å². The minimum Gasteiger partial charge on any atom is -0.325 e. The smallest absolute Gasteiger partial charge is 0.267 e. The van der Waals surface area contributed by atoms with Gasteiger partial charge in [0.1, 0.15) is 4.83 Å². The van der Waals surface area contributed by atoms with Crippen LogP contribution in [0.25, 0.3) is 15.9 Å². The van der Waals surface area contributed by atoms with Crippen molar-refractivity contribution >= 4 is 44.9 Å². The highest BCUT2D eigenvalue weighted by atomic mass is 32.2. The maximum absolute atomic E-state index is 13.6. The van der Waals surface area contributed by atoms with E-state index in [1.165, 1.54) is 23.1 Å². The van der Waals surface area contributed by atoms with E-state index in [1.807, 2.05) is 62.4 Å². The zero-order chi connectivity index (χ0) is 22.2. The second-order valence-corrected chi connectivity index (χ2v) is 9.97. The summed E-state index contributed by atoms with van der Waals surface area (Å²) in [5.41, 5.74) is 4.75. The number of aromatic nitrogens is 2. The van der Waals surface area contributed by atoms with Crippen LogP contribution in [0.3, 0.4) is 0 Å². The van der Waals surface area contributed by atoms with Gasteiger partial charge in [-0.2, -0.15) is 0 Å². The molecule has 32 heavy (non-hydrogen) atoms. The lowest BCUT2D eigenvalue weighted by Crippen LogP contribution is -2.23. The van der Waals surface area contributed by atoms with Crippen LogP contribution in [0.1, 0.15) is 35.4 Å². The molecule has 0 bridgehead atoms. The van der Waals surface area contributed by atoms with Crippen LogP contribution in [0.15, 0.2) is 63.9 Å². The van der Waals surface area contributed by atoms with E-state index in [0.717, 1.165) is 51.1 Å². The summed E-state index contributed by atoms with van der Waals surface area (Å²) in [5, 5.41) is 6.33. The van der Waals surface area contributed by atoms with Crippen LogP contribution in [0.4, 0.5) is 5.69 Å². The van der Waals surface area contributed by atoms with Crippen LogP contribution in [0, 0.1) is 13.8 Å².